The fourth-order valence-electron chi connectivity index (χ4n) is 2.81. The third-order valence-electron chi connectivity index (χ3n) is 3.59. The van der Waals surface area contributed by atoms with Crippen LogP contribution in [0.15, 0.2) is 17.0 Å². The molecular weight excluding hydrogens is 218 g/mol. The highest BCUT2D eigenvalue weighted by Crippen LogP contribution is 2.44. The van der Waals surface area contributed by atoms with Crippen LogP contribution in [0.2, 0.25) is 0 Å². The second-order valence-electron chi connectivity index (χ2n) is 4.54. The van der Waals surface area contributed by atoms with E-state index in [1.807, 2.05) is 0 Å². The van der Waals surface area contributed by atoms with Crippen LogP contribution in [0.25, 0.3) is 0 Å². The van der Waals surface area contributed by atoms with Gasteiger partial charge >= 0.3 is 0 Å². The topological polar surface area (TPSA) is 50.1 Å². The van der Waals surface area contributed by atoms with E-state index in [1.54, 1.807) is 11.8 Å². The fourth-order valence-corrected chi connectivity index (χ4v) is 3.45. The molecule has 2 aliphatic heterocycles. The Bertz CT molecular complexity index is 419. The van der Waals surface area contributed by atoms with Crippen LogP contribution in [0.1, 0.15) is 17.9 Å². The van der Waals surface area contributed by atoms with Crippen molar-refractivity contribution in [3.8, 4) is 0 Å². The molecule has 0 bridgehead atoms. The van der Waals surface area contributed by atoms with Crippen LogP contribution in [-0.4, -0.2) is 25.4 Å². The maximum Gasteiger partial charge on any atom is 0.0518 e. The molecule has 1 saturated heterocycles. The molecule has 0 aromatic heterocycles. The van der Waals surface area contributed by atoms with Crippen molar-refractivity contribution < 1.29 is 0 Å². The maximum absolute atomic E-state index is 5.97. The number of hydrogen-bond acceptors (Lipinski definition) is 4. The van der Waals surface area contributed by atoms with E-state index >= 15 is 0 Å². The molecule has 1 aromatic carbocycles. The number of nitrogen functional groups attached to an aromatic ring is 1. The Kier molecular flexibility index (Phi) is 2.48. The summed E-state index contributed by atoms with van der Waals surface area (Å²) < 4.78 is 0. The number of anilines is 2. The summed E-state index contributed by atoms with van der Waals surface area (Å²) in [5.41, 5.74) is 9.58. The summed E-state index contributed by atoms with van der Waals surface area (Å²) in [5.74, 6) is 0.596. The zero-order valence-electron chi connectivity index (χ0n) is 9.42. The smallest absolute Gasteiger partial charge is 0.0518 e. The normalized spacial score (nSPS) is 27.1. The number of nitrogens with two attached hydrogens (primary N) is 1. The molecule has 1 fully saturated rings. The quantitative estimate of drug-likeness (QED) is 0.514. The minimum absolute atomic E-state index is 0.596. The van der Waals surface area contributed by atoms with Crippen molar-refractivity contribution in [1.29, 1.82) is 0 Å². The lowest BCUT2D eigenvalue weighted by Gasteiger charge is -2.26. The van der Waals surface area contributed by atoms with Crippen LogP contribution >= 0.6 is 11.8 Å². The molecule has 4 heteroatoms. The van der Waals surface area contributed by atoms with Crippen molar-refractivity contribution in [3.63, 3.8) is 0 Å². The predicted molar refractivity (Wildman–Crippen MR) is 70.3 cm³/mol. The van der Waals surface area contributed by atoms with Gasteiger partial charge in [0, 0.05) is 29.1 Å². The van der Waals surface area contributed by atoms with Gasteiger partial charge in [0.2, 0.25) is 0 Å². The van der Waals surface area contributed by atoms with Crippen LogP contribution in [0.4, 0.5) is 11.4 Å². The van der Waals surface area contributed by atoms with E-state index in [9.17, 15) is 0 Å². The largest absolute Gasteiger partial charge is 0.399 e. The molecule has 0 amide bonds. The van der Waals surface area contributed by atoms with Gasteiger partial charge in [-0.2, -0.15) is 0 Å². The summed E-state index contributed by atoms with van der Waals surface area (Å²) in [6.07, 6.45) is 3.31. The lowest BCUT2D eigenvalue weighted by molar-refractivity contribution is 0.440. The van der Waals surface area contributed by atoms with Gasteiger partial charge in [-0.05, 0) is 36.9 Å². The van der Waals surface area contributed by atoms with E-state index in [0.717, 1.165) is 18.8 Å². The van der Waals surface area contributed by atoms with Gasteiger partial charge in [-0.1, -0.05) is 0 Å². The van der Waals surface area contributed by atoms with E-state index in [-0.39, 0.29) is 0 Å². The Hall–Kier alpha value is -0.870. The Morgan fingerprint density at radius 3 is 3.12 bits per heavy atom. The van der Waals surface area contributed by atoms with E-state index in [0.29, 0.717) is 12.0 Å². The Morgan fingerprint density at radius 1 is 1.44 bits per heavy atom. The van der Waals surface area contributed by atoms with Gasteiger partial charge in [0.25, 0.3) is 0 Å². The third kappa shape index (κ3) is 1.48. The SMILES string of the molecule is CSc1cc(N)cc2c1N[C@@H]1CCNC[C@H]21. The summed E-state index contributed by atoms with van der Waals surface area (Å²) in [5, 5.41) is 7.13. The summed E-state index contributed by atoms with van der Waals surface area (Å²) in [7, 11) is 0. The van der Waals surface area contributed by atoms with Crippen LogP contribution in [0.3, 0.4) is 0 Å². The fraction of sp³-hybridized carbons (Fsp3) is 0.500. The zero-order valence-corrected chi connectivity index (χ0v) is 10.2. The van der Waals surface area contributed by atoms with Crippen molar-refractivity contribution >= 4 is 23.1 Å². The van der Waals surface area contributed by atoms with E-state index in [1.165, 1.54) is 22.6 Å². The average molecular weight is 235 g/mol. The molecular formula is C12H17N3S. The van der Waals surface area contributed by atoms with Gasteiger partial charge < -0.3 is 16.4 Å². The van der Waals surface area contributed by atoms with Gasteiger partial charge in [-0.15, -0.1) is 11.8 Å². The average Bonchev–Trinajstić information content (AvgIpc) is 2.67. The Balaban J connectivity index is 2.07. The molecule has 2 heterocycles. The van der Waals surface area contributed by atoms with Crippen LogP contribution in [0, 0.1) is 0 Å². The van der Waals surface area contributed by atoms with Gasteiger partial charge in [0.1, 0.15) is 0 Å². The summed E-state index contributed by atoms with van der Waals surface area (Å²) in [6.45, 7) is 2.19. The van der Waals surface area contributed by atoms with Crippen molar-refractivity contribution in [2.24, 2.45) is 0 Å². The minimum atomic E-state index is 0.596. The number of benzene rings is 1. The first-order valence-corrected chi connectivity index (χ1v) is 6.96. The first kappa shape index (κ1) is 10.3. The molecule has 0 radical (unpaired) electrons. The van der Waals surface area contributed by atoms with Crippen LogP contribution in [-0.2, 0) is 0 Å². The molecule has 0 saturated carbocycles. The maximum atomic E-state index is 5.97. The zero-order chi connectivity index (χ0) is 11.1. The number of piperidine rings is 1. The molecule has 2 atom stereocenters. The first-order valence-electron chi connectivity index (χ1n) is 5.74. The number of fused-ring (bicyclic) bond motifs is 3. The third-order valence-corrected chi connectivity index (χ3v) is 4.35. The predicted octanol–water partition coefficient (Wildman–Crippen LogP) is 1.86. The molecule has 1 aromatic rings. The van der Waals surface area contributed by atoms with Crippen molar-refractivity contribution in [2.45, 2.75) is 23.3 Å². The molecule has 86 valence electrons. The molecule has 3 rings (SSSR count). The molecule has 3 nitrogen and oxygen atoms in total. The molecule has 0 spiro atoms. The van der Waals surface area contributed by atoms with E-state index < -0.39 is 0 Å². The standard InChI is InChI=1S/C12H17N3S/c1-16-11-5-7(13)4-8-9-6-14-3-2-10(9)15-12(8)11/h4-5,9-10,14-15H,2-3,6,13H2,1H3/t9-,10-/m1/s1. The van der Waals surface area contributed by atoms with Gasteiger partial charge in [-0.3, -0.25) is 0 Å². The second-order valence-corrected chi connectivity index (χ2v) is 5.39. The first-order chi connectivity index (χ1) is 7.79. The van der Waals surface area contributed by atoms with E-state index in [2.05, 4.69) is 29.0 Å². The molecule has 4 N–H and O–H groups in total. The van der Waals surface area contributed by atoms with Gasteiger partial charge in [0.15, 0.2) is 0 Å². The molecule has 0 aliphatic carbocycles. The molecule has 16 heavy (non-hydrogen) atoms. The van der Waals surface area contributed by atoms with E-state index in [4.69, 9.17) is 5.73 Å². The highest BCUT2D eigenvalue weighted by atomic mass is 32.2. The highest BCUT2D eigenvalue weighted by molar-refractivity contribution is 7.98. The number of hydrogen-bond donors (Lipinski definition) is 3. The molecule has 0 unspecified atom stereocenters. The number of nitrogens with one attached hydrogen (secondary N) is 2. The number of thioether (sulfide) groups is 1. The summed E-state index contributed by atoms with van der Waals surface area (Å²) in [6, 6.07) is 4.81. The van der Waals surface area contributed by atoms with Crippen molar-refractivity contribution in [2.75, 3.05) is 30.4 Å². The lowest BCUT2D eigenvalue weighted by Crippen LogP contribution is -2.38. The van der Waals surface area contributed by atoms with Crippen molar-refractivity contribution in [3.05, 3.63) is 17.7 Å². The summed E-state index contributed by atoms with van der Waals surface area (Å²) in [4.78, 5) is 1.28. The monoisotopic (exact) mass is 235 g/mol. The Labute approximate surface area is 100 Å². The lowest BCUT2D eigenvalue weighted by atomic mass is 9.90. The highest BCUT2D eigenvalue weighted by Gasteiger charge is 2.35. The molecule has 2 aliphatic rings. The van der Waals surface area contributed by atoms with Crippen molar-refractivity contribution in [1.82, 2.24) is 5.32 Å². The summed E-state index contributed by atoms with van der Waals surface area (Å²) >= 11 is 1.77. The second kappa shape index (κ2) is 3.86. The number of rotatable bonds is 1. The van der Waals surface area contributed by atoms with Crippen LogP contribution < -0.4 is 16.4 Å². The Morgan fingerprint density at radius 2 is 2.31 bits per heavy atom. The van der Waals surface area contributed by atoms with Gasteiger partial charge in [0.05, 0.1) is 5.69 Å². The van der Waals surface area contributed by atoms with Crippen LogP contribution in [0.5, 0.6) is 0 Å². The minimum Gasteiger partial charge on any atom is -0.399 e. The van der Waals surface area contributed by atoms with Gasteiger partial charge in [-0.25, -0.2) is 0 Å².